The van der Waals surface area contributed by atoms with Crippen molar-refractivity contribution in [3.8, 4) is 33.9 Å². The van der Waals surface area contributed by atoms with Crippen molar-refractivity contribution in [3.05, 3.63) is 174 Å². The lowest BCUT2D eigenvalue weighted by atomic mass is 9.77. The topological polar surface area (TPSA) is 74.0 Å². The molecule has 0 N–H and O–H groups in total. The average molecular weight is 657 g/mol. The summed E-state index contributed by atoms with van der Waals surface area (Å²) in [5.41, 5.74) is 3.88. The van der Waals surface area contributed by atoms with E-state index in [4.69, 9.17) is 9.62 Å². The second kappa shape index (κ2) is 12.0. The highest BCUT2D eigenvalue weighted by molar-refractivity contribution is 5.81. The Bertz CT molecular complexity index is 2310. The van der Waals surface area contributed by atoms with Gasteiger partial charge in [-0.1, -0.05) is 96.2 Å². The number of benzene rings is 4. The summed E-state index contributed by atoms with van der Waals surface area (Å²) in [5.74, 6) is -2.39. The van der Waals surface area contributed by atoms with Crippen molar-refractivity contribution < 1.29 is 22.1 Å². The summed E-state index contributed by atoms with van der Waals surface area (Å²) in [5, 5.41) is 8.85. The smallest absolute Gasteiger partial charge is 0.315 e. The Morgan fingerprint density at radius 3 is 1.90 bits per heavy atom. The van der Waals surface area contributed by atoms with Crippen LogP contribution >= 0.6 is 0 Å². The van der Waals surface area contributed by atoms with Crippen LogP contribution in [0.2, 0.25) is 0 Å². The van der Waals surface area contributed by atoms with Gasteiger partial charge in [-0.05, 0) is 41.0 Å². The van der Waals surface area contributed by atoms with Crippen LogP contribution in [-0.4, -0.2) is 29.3 Å². The second-order valence-electron chi connectivity index (χ2n) is 11.3. The monoisotopic (exact) mass is 656 g/mol. The Morgan fingerprint density at radius 2 is 1.33 bits per heavy atom. The number of halogens is 4. The molecule has 0 aliphatic carbocycles. The van der Waals surface area contributed by atoms with Gasteiger partial charge in [-0.2, -0.15) is 18.9 Å². The maximum atomic E-state index is 15.7. The molecule has 240 valence electrons. The molecular weight excluding hydrogens is 632 g/mol. The predicted octanol–water partition coefficient (Wildman–Crippen LogP) is 8.97. The van der Waals surface area contributed by atoms with Crippen molar-refractivity contribution in [3.63, 3.8) is 0 Å². The third-order valence-electron chi connectivity index (χ3n) is 8.49. The maximum absolute atomic E-state index is 15.7. The van der Waals surface area contributed by atoms with E-state index < -0.39 is 29.5 Å². The van der Waals surface area contributed by atoms with Crippen molar-refractivity contribution in [2.24, 2.45) is 0 Å². The zero-order valence-electron chi connectivity index (χ0n) is 25.5. The first-order chi connectivity index (χ1) is 23.9. The minimum absolute atomic E-state index is 0.0725. The molecule has 0 amide bonds. The fourth-order valence-electron chi connectivity index (χ4n) is 6.31. The SMILES string of the molecule is Fc1ccc(-c2nn(C(c3ccccc3)(c3ccccc3)c3ccccc3)cc2-c2ccc3ncc(-c4noc(C(F)F)n4)n3c2)c(F)c1. The van der Waals surface area contributed by atoms with Crippen molar-refractivity contribution in [2.75, 3.05) is 0 Å². The fraction of sp³-hybridized carbons (Fsp3) is 0.0526. The Hall–Kier alpha value is -6.36. The van der Waals surface area contributed by atoms with Gasteiger partial charge >= 0.3 is 6.43 Å². The molecule has 49 heavy (non-hydrogen) atoms. The Kier molecular flexibility index (Phi) is 7.36. The molecule has 0 saturated carbocycles. The van der Waals surface area contributed by atoms with Crippen molar-refractivity contribution in [1.29, 1.82) is 0 Å². The molecule has 0 aliphatic rings. The van der Waals surface area contributed by atoms with Crippen LogP contribution in [0.1, 0.15) is 29.0 Å². The number of alkyl halides is 2. The van der Waals surface area contributed by atoms with Crippen molar-refractivity contribution in [1.82, 2.24) is 29.3 Å². The van der Waals surface area contributed by atoms with Gasteiger partial charge in [0.05, 0.1) is 6.20 Å². The van der Waals surface area contributed by atoms with Crippen LogP contribution in [-0.2, 0) is 5.54 Å². The summed E-state index contributed by atoms with van der Waals surface area (Å²) in [6.07, 6.45) is 2.08. The summed E-state index contributed by atoms with van der Waals surface area (Å²) in [6.45, 7) is 0. The van der Waals surface area contributed by atoms with E-state index in [1.807, 2.05) is 102 Å². The molecule has 11 heteroatoms. The van der Waals surface area contributed by atoms with Crippen LogP contribution in [0.5, 0.6) is 0 Å². The van der Waals surface area contributed by atoms with E-state index in [0.29, 0.717) is 22.5 Å². The van der Waals surface area contributed by atoms with E-state index in [2.05, 4.69) is 15.1 Å². The van der Waals surface area contributed by atoms with E-state index in [1.165, 1.54) is 18.3 Å². The molecule has 7 nitrogen and oxygen atoms in total. The number of imidazole rings is 1. The van der Waals surface area contributed by atoms with Gasteiger partial charge in [0, 0.05) is 35.2 Å². The number of pyridine rings is 1. The van der Waals surface area contributed by atoms with Gasteiger partial charge < -0.3 is 4.52 Å². The lowest BCUT2D eigenvalue weighted by molar-refractivity contribution is 0.106. The third-order valence-corrected chi connectivity index (χ3v) is 8.49. The Balaban J connectivity index is 1.42. The standard InChI is InChI=1S/C38H24F4N6O/c39-28-17-18-29(31(40)20-28)34-30(24-16-19-33-43-21-32(47(33)22-24)36-44-37(35(41)42)49-46-36)23-48(45-34)38(25-10-4-1-5-11-25,26-12-6-2-7-13-26)27-14-8-3-9-15-27/h1-23,35H. The Morgan fingerprint density at radius 1 is 0.694 bits per heavy atom. The van der Waals surface area contributed by atoms with Gasteiger partial charge in [0.15, 0.2) is 0 Å². The largest absolute Gasteiger partial charge is 0.333 e. The number of aromatic nitrogens is 6. The molecule has 0 saturated heterocycles. The lowest BCUT2D eigenvalue weighted by Crippen LogP contribution is -2.38. The molecule has 0 bridgehead atoms. The summed E-state index contributed by atoms with van der Waals surface area (Å²) in [6, 6.07) is 36.5. The Labute approximate surface area is 276 Å². The van der Waals surface area contributed by atoms with Gasteiger partial charge in [0.2, 0.25) is 5.82 Å². The maximum Gasteiger partial charge on any atom is 0.315 e. The lowest BCUT2D eigenvalue weighted by Gasteiger charge is -2.36. The van der Waals surface area contributed by atoms with E-state index in [-0.39, 0.29) is 17.1 Å². The predicted molar refractivity (Wildman–Crippen MR) is 175 cm³/mol. The van der Waals surface area contributed by atoms with Crippen LogP contribution in [0.4, 0.5) is 17.6 Å². The van der Waals surface area contributed by atoms with Gasteiger partial charge in [0.25, 0.3) is 5.89 Å². The zero-order chi connectivity index (χ0) is 33.5. The van der Waals surface area contributed by atoms with Gasteiger partial charge in [-0.3, -0.25) is 9.08 Å². The number of hydrogen-bond donors (Lipinski definition) is 0. The third kappa shape index (κ3) is 5.07. The van der Waals surface area contributed by atoms with E-state index in [9.17, 15) is 13.2 Å². The van der Waals surface area contributed by atoms with Crippen LogP contribution in [0.15, 0.2) is 144 Å². The zero-order valence-corrected chi connectivity index (χ0v) is 25.5. The first kappa shape index (κ1) is 30.0. The number of nitrogens with zero attached hydrogens (tertiary/aromatic N) is 6. The molecular formula is C38H24F4N6O. The van der Waals surface area contributed by atoms with Gasteiger partial charge in [-0.25, -0.2) is 13.8 Å². The molecule has 0 aliphatic heterocycles. The summed E-state index contributed by atoms with van der Waals surface area (Å²) >= 11 is 0. The molecule has 8 aromatic rings. The normalized spacial score (nSPS) is 11.9. The first-order valence-corrected chi connectivity index (χ1v) is 15.3. The highest BCUT2D eigenvalue weighted by Gasteiger charge is 2.40. The van der Waals surface area contributed by atoms with Crippen molar-refractivity contribution >= 4 is 5.65 Å². The average Bonchev–Trinajstić information content (AvgIpc) is 3.89. The van der Waals surface area contributed by atoms with Crippen LogP contribution in [0, 0.1) is 11.6 Å². The van der Waals surface area contributed by atoms with Gasteiger partial charge in [0.1, 0.15) is 34.2 Å². The summed E-state index contributed by atoms with van der Waals surface area (Å²) < 4.78 is 64.6. The van der Waals surface area contributed by atoms with E-state index in [0.717, 1.165) is 22.8 Å². The number of rotatable bonds is 8. The summed E-state index contributed by atoms with van der Waals surface area (Å²) in [4.78, 5) is 8.22. The molecule has 0 fully saturated rings. The molecule has 4 aromatic carbocycles. The van der Waals surface area contributed by atoms with E-state index >= 15 is 4.39 Å². The molecule has 0 spiro atoms. The van der Waals surface area contributed by atoms with Crippen LogP contribution < -0.4 is 0 Å². The molecule has 0 unspecified atom stereocenters. The highest BCUT2D eigenvalue weighted by Crippen LogP contribution is 2.43. The molecule has 0 radical (unpaired) electrons. The fourth-order valence-corrected chi connectivity index (χ4v) is 6.31. The molecule has 8 rings (SSSR count). The van der Waals surface area contributed by atoms with Gasteiger partial charge in [-0.15, -0.1) is 0 Å². The summed E-state index contributed by atoms with van der Waals surface area (Å²) in [7, 11) is 0. The van der Waals surface area contributed by atoms with Crippen molar-refractivity contribution in [2.45, 2.75) is 12.0 Å². The minimum atomic E-state index is -2.94. The van der Waals surface area contributed by atoms with Crippen LogP contribution in [0.3, 0.4) is 0 Å². The number of fused-ring (bicyclic) bond motifs is 1. The second-order valence-corrected chi connectivity index (χ2v) is 11.3. The minimum Gasteiger partial charge on any atom is -0.333 e. The quantitative estimate of drug-likeness (QED) is 0.121. The van der Waals surface area contributed by atoms with Crippen LogP contribution in [0.25, 0.3) is 39.5 Å². The molecule has 4 aromatic heterocycles. The number of hydrogen-bond acceptors (Lipinski definition) is 5. The first-order valence-electron chi connectivity index (χ1n) is 15.3. The van der Waals surface area contributed by atoms with E-state index in [1.54, 1.807) is 22.7 Å². The molecule has 0 atom stereocenters. The molecule has 4 heterocycles. The highest BCUT2D eigenvalue weighted by atomic mass is 19.3.